The molecule has 0 heterocycles. The first-order valence-electron chi connectivity index (χ1n) is 8.62. The van der Waals surface area contributed by atoms with Gasteiger partial charge in [-0.1, -0.05) is 37.3 Å². The smallest absolute Gasteiger partial charge is 0.352 e. The van der Waals surface area contributed by atoms with E-state index < -0.39 is 34.2 Å². The molecule has 2 rings (SSSR count). The van der Waals surface area contributed by atoms with Crippen LogP contribution in [-0.2, 0) is 21.0 Å². The lowest BCUT2D eigenvalue weighted by molar-refractivity contribution is -0.137. The molecule has 1 aliphatic rings. The topological polar surface area (TPSA) is 66.5 Å². The van der Waals surface area contributed by atoms with Crippen molar-refractivity contribution in [2.45, 2.75) is 50.7 Å². The Hall–Kier alpha value is -1.48. The van der Waals surface area contributed by atoms with Gasteiger partial charge in [-0.15, -0.1) is 0 Å². The van der Waals surface area contributed by atoms with Crippen molar-refractivity contribution in [1.29, 1.82) is 0 Å². The van der Waals surface area contributed by atoms with Gasteiger partial charge in [0.2, 0.25) is 15.9 Å². The van der Waals surface area contributed by atoms with Crippen molar-refractivity contribution in [2.75, 3.05) is 17.1 Å². The van der Waals surface area contributed by atoms with Gasteiger partial charge in [-0.25, -0.2) is 8.42 Å². The quantitative estimate of drug-likeness (QED) is 0.724. The average molecular weight is 427 g/mol. The minimum atomic E-state index is -4.66. The fourth-order valence-corrected chi connectivity index (χ4v) is 4.22. The number of halogens is 4. The normalized spacial score (nSPS) is 16.6. The largest absolute Gasteiger partial charge is 0.416 e. The fourth-order valence-electron chi connectivity index (χ4n) is 3.09. The summed E-state index contributed by atoms with van der Waals surface area (Å²) >= 11 is 5.94. The van der Waals surface area contributed by atoms with Crippen molar-refractivity contribution >= 4 is 33.2 Å². The molecular weight excluding hydrogens is 405 g/mol. The van der Waals surface area contributed by atoms with Gasteiger partial charge in [0.25, 0.3) is 0 Å². The van der Waals surface area contributed by atoms with Crippen LogP contribution in [0.3, 0.4) is 0 Å². The second-order valence-electron chi connectivity index (χ2n) is 6.69. The SMILES string of the molecule is CS(=O)(=O)N(CC(=O)NC1CCCCCC1)c1cc(C(F)(F)F)ccc1Cl. The molecule has 10 heteroatoms. The molecule has 1 fully saturated rings. The zero-order valence-electron chi connectivity index (χ0n) is 14.9. The molecule has 0 bridgehead atoms. The highest BCUT2D eigenvalue weighted by Gasteiger charge is 2.33. The van der Waals surface area contributed by atoms with E-state index in [4.69, 9.17) is 11.6 Å². The first kappa shape index (κ1) is 21.8. The molecule has 1 N–H and O–H groups in total. The molecular formula is C17H22ClF3N2O3S. The van der Waals surface area contributed by atoms with Crippen molar-refractivity contribution in [2.24, 2.45) is 0 Å². The molecule has 0 unspecified atom stereocenters. The number of sulfonamides is 1. The molecule has 27 heavy (non-hydrogen) atoms. The third kappa shape index (κ3) is 6.27. The summed E-state index contributed by atoms with van der Waals surface area (Å²) in [4.78, 5) is 12.4. The van der Waals surface area contributed by atoms with Crippen LogP contribution in [0.2, 0.25) is 5.02 Å². The van der Waals surface area contributed by atoms with Gasteiger partial charge >= 0.3 is 6.18 Å². The highest BCUT2D eigenvalue weighted by atomic mass is 35.5. The molecule has 0 spiro atoms. The fraction of sp³-hybridized carbons (Fsp3) is 0.588. The predicted molar refractivity (Wildman–Crippen MR) is 98.3 cm³/mol. The van der Waals surface area contributed by atoms with Crippen molar-refractivity contribution in [1.82, 2.24) is 5.32 Å². The third-order valence-corrected chi connectivity index (χ3v) is 5.90. The molecule has 152 valence electrons. The van der Waals surface area contributed by atoms with E-state index in [1.807, 2.05) is 0 Å². The second kappa shape index (κ2) is 8.68. The Morgan fingerprint density at radius 2 is 1.81 bits per heavy atom. The van der Waals surface area contributed by atoms with Gasteiger partial charge in [0, 0.05) is 6.04 Å². The number of amides is 1. The van der Waals surface area contributed by atoms with Gasteiger partial charge in [0.15, 0.2) is 0 Å². The molecule has 0 saturated heterocycles. The van der Waals surface area contributed by atoms with Gasteiger partial charge < -0.3 is 5.32 Å². The lowest BCUT2D eigenvalue weighted by Gasteiger charge is -2.25. The van der Waals surface area contributed by atoms with Gasteiger partial charge in [0.05, 0.1) is 22.5 Å². The Morgan fingerprint density at radius 1 is 1.22 bits per heavy atom. The number of carbonyl (C=O) groups excluding carboxylic acids is 1. The van der Waals surface area contributed by atoms with Crippen molar-refractivity contribution in [3.05, 3.63) is 28.8 Å². The molecule has 1 aromatic carbocycles. The minimum absolute atomic E-state index is 0.0570. The number of carbonyl (C=O) groups is 1. The maximum absolute atomic E-state index is 13.0. The number of hydrogen-bond donors (Lipinski definition) is 1. The predicted octanol–water partition coefficient (Wildman–Crippen LogP) is 3.96. The zero-order chi connectivity index (χ0) is 20.2. The first-order valence-corrected chi connectivity index (χ1v) is 10.8. The monoisotopic (exact) mass is 426 g/mol. The Bertz CT molecular complexity index is 776. The number of alkyl halides is 3. The standard InChI is InChI=1S/C17H22ClF3N2O3S/c1-27(25,26)23(11-16(24)22-13-6-4-2-3-5-7-13)15-10-12(17(19,20)21)8-9-14(15)18/h8-10,13H,2-7,11H2,1H3,(H,22,24). The number of rotatable bonds is 5. The Morgan fingerprint density at radius 3 is 2.33 bits per heavy atom. The van der Waals surface area contributed by atoms with Crippen LogP contribution < -0.4 is 9.62 Å². The molecule has 1 aromatic rings. The van der Waals surface area contributed by atoms with E-state index in [-0.39, 0.29) is 16.8 Å². The summed E-state index contributed by atoms with van der Waals surface area (Å²) in [6.07, 6.45) is 1.88. The van der Waals surface area contributed by atoms with Crippen LogP contribution in [0.25, 0.3) is 0 Å². The zero-order valence-corrected chi connectivity index (χ0v) is 16.4. The Balaban J connectivity index is 2.25. The van der Waals surface area contributed by atoms with Gasteiger partial charge in [-0.05, 0) is 31.0 Å². The molecule has 0 aromatic heterocycles. The van der Waals surface area contributed by atoms with Crippen LogP contribution in [0, 0.1) is 0 Å². The number of anilines is 1. The van der Waals surface area contributed by atoms with Crippen molar-refractivity contribution < 1.29 is 26.4 Å². The molecule has 1 saturated carbocycles. The van der Waals surface area contributed by atoms with Gasteiger partial charge in [0.1, 0.15) is 6.54 Å². The number of nitrogens with zero attached hydrogens (tertiary/aromatic N) is 1. The second-order valence-corrected chi connectivity index (χ2v) is 9.00. The number of nitrogens with one attached hydrogen (secondary N) is 1. The molecule has 0 atom stereocenters. The minimum Gasteiger partial charge on any atom is -0.352 e. The van der Waals surface area contributed by atoms with Crippen LogP contribution in [0.4, 0.5) is 18.9 Å². The highest BCUT2D eigenvalue weighted by molar-refractivity contribution is 7.92. The number of benzene rings is 1. The lowest BCUT2D eigenvalue weighted by atomic mass is 10.1. The van der Waals surface area contributed by atoms with Crippen molar-refractivity contribution in [3.63, 3.8) is 0 Å². The summed E-state index contributed by atoms with van der Waals surface area (Å²) in [6.45, 7) is -0.629. The molecule has 1 amide bonds. The summed E-state index contributed by atoms with van der Waals surface area (Å²) in [5, 5.41) is 2.60. The summed E-state index contributed by atoms with van der Waals surface area (Å²) in [5.41, 5.74) is -1.41. The summed E-state index contributed by atoms with van der Waals surface area (Å²) in [7, 11) is -4.03. The number of hydrogen-bond acceptors (Lipinski definition) is 3. The Kier molecular flexibility index (Phi) is 7.02. The van der Waals surface area contributed by atoms with Crippen LogP contribution in [0.1, 0.15) is 44.1 Å². The van der Waals surface area contributed by atoms with E-state index in [2.05, 4.69) is 5.32 Å². The van der Waals surface area contributed by atoms with E-state index in [0.717, 1.165) is 56.9 Å². The van der Waals surface area contributed by atoms with E-state index in [0.29, 0.717) is 10.4 Å². The van der Waals surface area contributed by atoms with E-state index in [1.54, 1.807) is 0 Å². The average Bonchev–Trinajstić information content (AvgIpc) is 2.80. The van der Waals surface area contributed by atoms with Crippen LogP contribution in [-0.4, -0.2) is 33.2 Å². The van der Waals surface area contributed by atoms with Crippen LogP contribution in [0.5, 0.6) is 0 Å². The van der Waals surface area contributed by atoms with Gasteiger partial charge in [-0.3, -0.25) is 9.10 Å². The summed E-state index contributed by atoms with van der Waals surface area (Å²) in [6, 6.07) is 2.32. The van der Waals surface area contributed by atoms with E-state index in [9.17, 15) is 26.4 Å². The highest BCUT2D eigenvalue weighted by Crippen LogP contribution is 2.36. The summed E-state index contributed by atoms with van der Waals surface area (Å²) in [5.74, 6) is -0.569. The third-order valence-electron chi connectivity index (χ3n) is 4.45. The first-order chi connectivity index (χ1) is 12.5. The molecule has 5 nitrogen and oxygen atoms in total. The molecule has 1 aliphatic carbocycles. The maximum Gasteiger partial charge on any atom is 0.416 e. The van der Waals surface area contributed by atoms with E-state index >= 15 is 0 Å². The molecule has 0 aliphatic heterocycles. The summed E-state index contributed by atoms with van der Waals surface area (Å²) < 4.78 is 63.8. The molecule has 0 radical (unpaired) electrons. The lowest BCUT2D eigenvalue weighted by Crippen LogP contribution is -2.44. The van der Waals surface area contributed by atoms with Crippen LogP contribution in [0.15, 0.2) is 18.2 Å². The van der Waals surface area contributed by atoms with E-state index in [1.165, 1.54) is 0 Å². The Labute approximate surface area is 161 Å². The van der Waals surface area contributed by atoms with Crippen LogP contribution >= 0.6 is 11.6 Å². The van der Waals surface area contributed by atoms with Crippen molar-refractivity contribution in [3.8, 4) is 0 Å². The van der Waals surface area contributed by atoms with Gasteiger partial charge in [-0.2, -0.15) is 13.2 Å². The maximum atomic E-state index is 13.0.